The molecule has 4 aliphatic rings. The van der Waals surface area contributed by atoms with E-state index in [0.29, 0.717) is 0 Å². The van der Waals surface area contributed by atoms with Crippen molar-refractivity contribution in [3.05, 3.63) is 52.6 Å². The van der Waals surface area contributed by atoms with Crippen molar-refractivity contribution >= 4 is 9.84 Å². The minimum absolute atomic E-state index is 0.0482. The Morgan fingerprint density at radius 3 is 2.30 bits per heavy atom. The smallest absolute Gasteiger partial charge is 0.239 e. The molecular formula is C15H15NO6S. The SMILES string of the molecule is O=[N+]([O-])C1C2C=CC(C3OCOC23)C1S(=O)(=O)c1ccccc1. The Kier molecular flexibility index (Phi) is 3.29. The van der Waals surface area contributed by atoms with Crippen molar-refractivity contribution in [1.29, 1.82) is 0 Å². The summed E-state index contributed by atoms with van der Waals surface area (Å²) < 4.78 is 37.1. The molecule has 1 saturated heterocycles. The fourth-order valence-corrected chi connectivity index (χ4v) is 6.15. The third kappa shape index (κ3) is 2.05. The number of hydrogen-bond donors (Lipinski definition) is 0. The highest BCUT2D eigenvalue weighted by Gasteiger charge is 2.64. The summed E-state index contributed by atoms with van der Waals surface area (Å²) in [6, 6.07) is 6.66. The van der Waals surface area contributed by atoms with Gasteiger partial charge in [-0.05, 0) is 12.1 Å². The second kappa shape index (κ2) is 5.12. The van der Waals surface area contributed by atoms with Crippen LogP contribution >= 0.6 is 0 Å². The molecule has 1 aliphatic heterocycles. The molecule has 1 heterocycles. The maximum absolute atomic E-state index is 13.0. The van der Waals surface area contributed by atoms with Crippen LogP contribution in [0.1, 0.15) is 0 Å². The van der Waals surface area contributed by atoms with Crippen LogP contribution in [0, 0.1) is 22.0 Å². The maximum Gasteiger partial charge on any atom is 0.239 e. The molecule has 1 saturated carbocycles. The first-order valence-corrected chi connectivity index (χ1v) is 8.90. The zero-order valence-electron chi connectivity index (χ0n) is 12.0. The number of benzene rings is 1. The third-order valence-electron chi connectivity index (χ3n) is 4.94. The number of sulfone groups is 1. The molecule has 5 rings (SSSR count). The highest BCUT2D eigenvalue weighted by atomic mass is 32.2. The molecule has 2 fully saturated rings. The van der Waals surface area contributed by atoms with E-state index in [4.69, 9.17) is 9.47 Å². The Labute approximate surface area is 133 Å². The number of nitro groups is 1. The highest BCUT2D eigenvalue weighted by Crippen LogP contribution is 2.47. The molecule has 23 heavy (non-hydrogen) atoms. The first kappa shape index (κ1) is 14.8. The number of fused-ring (bicyclic) bond motifs is 1. The van der Waals surface area contributed by atoms with E-state index in [0.717, 1.165) is 0 Å². The maximum atomic E-state index is 13.0. The van der Waals surface area contributed by atoms with Crippen LogP contribution in [-0.4, -0.2) is 43.6 Å². The van der Waals surface area contributed by atoms with Crippen molar-refractivity contribution in [1.82, 2.24) is 0 Å². The van der Waals surface area contributed by atoms with Crippen LogP contribution in [0.2, 0.25) is 0 Å². The van der Waals surface area contributed by atoms with E-state index in [1.807, 2.05) is 0 Å². The average Bonchev–Trinajstić information content (AvgIpc) is 3.06. The molecule has 0 amide bonds. The monoisotopic (exact) mass is 337 g/mol. The van der Waals surface area contributed by atoms with Crippen molar-refractivity contribution < 1.29 is 22.8 Å². The lowest BCUT2D eigenvalue weighted by Crippen LogP contribution is -2.63. The van der Waals surface area contributed by atoms with Crippen LogP contribution in [0.5, 0.6) is 0 Å². The zero-order chi connectivity index (χ0) is 16.2. The highest BCUT2D eigenvalue weighted by molar-refractivity contribution is 7.92. The topological polar surface area (TPSA) is 95.7 Å². The van der Waals surface area contributed by atoms with Crippen LogP contribution in [0.3, 0.4) is 0 Å². The summed E-state index contributed by atoms with van der Waals surface area (Å²) in [7, 11) is -3.85. The summed E-state index contributed by atoms with van der Waals surface area (Å²) in [6.07, 6.45) is 2.57. The van der Waals surface area contributed by atoms with Gasteiger partial charge in [-0.2, -0.15) is 0 Å². The van der Waals surface area contributed by atoms with E-state index in [-0.39, 0.29) is 11.7 Å². The Morgan fingerprint density at radius 1 is 1.04 bits per heavy atom. The summed E-state index contributed by atoms with van der Waals surface area (Å²) in [5.41, 5.74) is 0. The van der Waals surface area contributed by atoms with Crippen LogP contribution in [0.25, 0.3) is 0 Å². The number of nitrogens with zero attached hydrogens (tertiary/aromatic N) is 1. The molecule has 122 valence electrons. The van der Waals surface area contributed by atoms with Crippen LogP contribution < -0.4 is 0 Å². The fraction of sp³-hybridized carbons (Fsp3) is 0.467. The van der Waals surface area contributed by atoms with E-state index in [1.165, 1.54) is 12.1 Å². The van der Waals surface area contributed by atoms with Gasteiger partial charge in [0.15, 0.2) is 9.84 Å². The molecule has 0 aromatic heterocycles. The van der Waals surface area contributed by atoms with Gasteiger partial charge in [0.1, 0.15) is 18.1 Å². The van der Waals surface area contributed by atoms with Crippen LogP contribution in [-0.2, 0) is 19.3 Å². The van der Waals surface area contributed by atoms with Crippen LogP contribution in [0.4, 0.5) is 0 Å². The van der Waals surface area contributed by atoms with Gasteiger partial charge in [0.2, 0.25) is 6.04 Å². The molecule has 1 aromatic carbocycles. The fourth-order valence-electron chi connectivity index (χ4n) is 3.99. The lowest BCUT2D eigenvalue weighted by molar-refractivity contribution is -0.536. The molecule has 0 N–H and O–H groups in total. The molecule has 8 heteroatoms. The molecule has 6 unspecified atom stereocenters. The van der Waals surface area contributed by atoms with E-state index in [1.54, 1.807) is 30.4 Å². The molecular weight excluding hydrogens is 322 g/mol. The molecule has 3 aliphatic carbocycles. The molecule has 1 aromatic rings. The van der Waals surface area contributed by atoms with E-state index in [9.17, 15) is 18.5 Å². The lowest BCUT2D eigenvalue weighted by atomic mass is 9.69. The number of rotatable bonds is 3. The van der Waals surface area contributed by atoms with E-state index >= 15 is 0 Å². The van der Waals surface area contributed by atoms with Crippen molar-refractivity contribution in [3.8, 4) is 0 Å². The van der Waals surface area contributed by atoms with E-state index in [2.05, 4.69) is 0 Å². The largest absolute Gasteiger partial charge is 0.349 e. The summed E-state index contributed by atoms with van der Waals surface area (Å²) in [5.74, 6) is -1.17. The van der Waals surface area contributed by atoms with Gasteiger partial charge in [-0.25, -0.2) is 8.42 Å². The van der Waals surface area contributed by atoms with Gasteiger partial charge < -0.3 is 9.47 Å². The van der Waals surface area contributed by atoms with Crippen molar-refractivity contribution in [2.24, 2.45) is 11.8 Å². The lowest BCUT2D eigenvalue weighted by Gasteiger charge is -2.44. The van der Waals surface area contributed by atoms with Crippen LogP contribution in [0.15, 0.2) is 47.4 Å². The first-order chi connectivity index (χ1) is 11.0. The molecule has 0 spiro atoms. The molecule has 0 radical (unpaired) electrons. The summed E-state index contributed by atoms with van der Waals surface area (Å²) >= 11 is 0. The minimum Gasteiger partial charge on any atom is -0.349 e. The average molecular weight is 337 g/mol. The summed E-state index contributed by atoms with van der Waals surface area (Å²) in [5, 5.41) is 10.5. The standard InChI is InChI=1S/C15H15NO6S/c17-16(18)12-10-6-7-11(14-13(10)21-8-22-14)15(12)23(19,20)9-4-2-1-3-5-9/h1-7,10-15H,8H2. The third-order valence-corrected chi connectivity index (χ3v) is 7.18. The van der Waals surface area contributed by atoms with Crippen molar-refractivity contribution in [2.45, 2.75) is 28.4 Å². The van der Waals surface area contributed by atoms with Crippen molar-refractivity contribution in [2.75, 3.05) is 6.79 Å². The minimum atomic E-state index is -3.85. The van der Waals surface area contributed by atoms with Gasteiger partial charge in [0, 0.05) is 10.8 Å². The van der Waals surface area contributed by atoms with Gasteiger partial charge in [-0.3, -0.25) is 10.1 Å². The Balaban J connectivity index is 1.83. The van der Waals surface area contributed by atoms with Gasteiger partial charge >= 0.3 is 0 Å². The number of ether oxygens (including phenoxy) is 2. The Morgan fingerprint density at radius 2 is 1.65 bits per heavy atom. The van der Waals surface area contributed by atoms with Gasteiger partial charge in [0.05, 0.1) is 16.9 Å². The molecule has 6 atom stereocenters. The second-order valence-electron chi connectivity index (χ2n) is 6.02. The zero-order valence-corrected chi connectivity index (χ0v) is 12.8. The normalized spacial score (nSPS) is 38.4. The molecule has 7 nitrogen and oxygen atoms in total. The van der Waals surface area contributed by atoms with E-state index < -0.39 is 50.1 Å². The first-order valence-electron chi connectivity index (χ1n) is 7.36. The number of hydrogen-bond acceptors (Lipinski definition) is 6. The Bertz CT molecular complexity index is 761. The molecule has 2 bridgehead atoms. The van der Waals surface area contributed by atoms with Crippen molar-refractivity contribution in [3.63, 3.8) is 0 Å². The van der Waals surface area contributed by atoms with Gasteiger partial charge in [0.25, 0.3) is 0 Å². The van der Waals surface area contributed by atoms with Gasteiger partial charge in [-0.1, -0.05) is 30.4 Å². The predicted molar refractivity (Wildman–Crippen MR) is 78.9 cm³/mol. The Hall–Kier alpha value is -1.77. The predicted octanol–water partition coefficient (Wildman–Crippen LogP) is 1.03. The second-order valence-corrected chi connectivity index (χ2v) is 8.12. The van der Waals surface area contributed by atoms with Gasteiger partial charge in [-0.15, -0.1) is 0 Å². The summed E-state index contributed by atoms with van der Waals surface area (Å²) in [6.45, 7) is 0.0482. The quantitative estimate of drug-likeness (QED) is 0.464. The summed E-state index contributed by atoms with van der Waals surface area (Å²) in [4.78, 5) is 11.3.